The van der Waals surface area contributed by atoms with Gasteiger partial charge in [0.1, 0.15) is 0 Å². The lowest BCUT2D eigenvalue weighted by molar-refractivity contribution is 1.47. The first kappa shape index (κ1) is 7.43. The number of hydrogen-bond donors (Lipinski definition) is 1. The summed E-state index contributed by atoms with van der Waals surface area (Å²) in [5.41, 5.74) is 1.10. The molecule has 0 aliphatic rings. The van der Waals surface area contributed by atoms with E-state index in [1.54, 1.807) is 0 Å². The van der Waals surface area contributed by atoms with Crippen LogP contribution in [0.25, 0.3) is 10.9 Å². The van der Waals surface area contributed by atoms with Crippen molar-refractivity contribution in [3.05, 3.63) is 33.0 Å². The Morgan fingerprint density at radius 1 is 1.36 bits per heavy atom. The highest BCUT2D eigenvalue weighted by Gasteiger charge is 1.99. The van der Waals surface area contributed by atoms with Crippen LogP contribution in [0.1, 0.15) is 0 Å². The molecule has 0 bridgehead atoms. The van der Waals surface area contributed by atoms with E-state index in [1.165, 1.54) is 8.96 Å². The molecule has 1 aromatic heterocycles. The van der Waals surface area contributed by atoms with E-state index in [1.807, 2.05) is 24.4 Å². The number of rotatable bonds is 0. The second kappa shape index (κ2) is 2.68. The molecule has 3 heteroatoms. The van der Waals surface area contributed by atoms with E-state index in [2.05, 4.69) is 27.6 Å². The quantitative estimate of drug-likeness (QED) is 0.710. The van der Waals surface area contributed by atoms with Gasteiger partial charge in [0.2, 0.25) is 0 Å². The van der Waals surface area contributed by atoms with Crippen LogP contribution in [-0.2, 0) is 0 Å². The molecule has 1 nitrogen and oxygen atoms in total. The van der Waals surface area contributed by atoms with Crippen molar-refractivity contribution in [2.45, 2.75) is 0 Å². The summed E-state index contributed by atoms with van der Waals surface area (Å²) in [4.78, 5) is 3.14. The van der Waals surface area contributed by atoms with Crippen LogP contribution in [0.3, 0.4) is 0 Å². The fraction of sp³-hybridized carbons (Fsp3) is 0. The summed E-state index contributed by atoms with van der Waals surface area (Å²) >= 11 is 8.10. The number of fused-ring (bicyclic) bond motifs is 1. The molecule has 1 aromatic carbocycles. The van der Waals surface area contributed by atoms with E-state index in [-0.39, 0.29) is 0 Å². The van der Waals surface area contributed by atoms with E-state index in [0.29, 0.717) is 0 Å². The first-order valence-electron chi connectivity index (χ1n) is 3.19. The second-order valence-corrected chi connectivity index (χ2v) is 3.93. The number of halogens is 2. The molecule has 2 rings (SSSR count). The van der Waals surface area contributed by atoms with Gasteiger partial charge in [0, 0.05) is 25.7 Å². The van der Waals surface area contributed by atoms with Crippen molar-refractivity contribution in [3.8, 4) is 0 Å². The van der Waals surface area contributed by atoms with Crippen LogP contribution >= 0.6 is 34.2 Å². The highest BCUT2D eigenvalue weighted by molar-refractivity contribution is 14.1. The predicted octanol–water partition coefficient (Wildman–Crippen LogP) is 3.43. The molecule has 0 spiro atoms. The maximum absolute atomic E-state index is 5.81. The van der Waals surface area contributed by atoms with Crippen molar-refractivity contribution in [1.82, 2.24) is 4.98 Å². The first-order chi connectivity index (χ1) is 5.27. The van der Waals surface area contributed by atoms with Crippen molar-refractivity contribution < 1.29 is 0 Å². The monoisotopic (exact) mass is 277 g/mol. The Hall–Kier alpha value is -0.220. The van der Waals surface area contributed by atoms with Crippen LogP contribution in [-0.4, -0.2) is 4.98 Å². The third-order valence-corrected chi connectivity index (χ3v) is 2.72. The molecule has 0 aliphatic carbocycles. The average molecular weight is 277 g/mol. The summed E-state index contributed by atoms with van der Waals surface area (Å²) < 4.78 is 1.23. The van der Waals surface area contributed by atoms with Gasteiger partial charge >= 0.3 is 0 Å². The lowest BCUT2D eigenvalue weighted by atomic mass is 10.2. The third kappa shape index (κ3) is 1.25. The fourth-order valence-corrected chi connectivity index (χ4v) is 1.86. The molecule has 0 aliphatic heterocycles. The first-order valence-corrected chi connectivity index (χ1v) is 4.65. The highest BCUT2D eigenvalue weighted by atomic mass is 127. The summed E-state index contributed by atoms with van der Waals surface area (Å²) in [5.74, 6) is 0. The Labute approximate surface area is 82.9 Å². The van der Waals surface area contributed by atoms with Gasteiger partial charge in [-0.05, 0) is 34.7 Å². The molecule has 0 amide bonds. The number of H-pyrrole nitrogens is 1. The van der Waals surface area contributed by atoms with E-state index < -0.39 is 0 Å². The fourth-order valence-electron chi connectivity index (χ4n) is 1.06. The van der Waals surface area contributed by atoms with Gasteiger partial charge in [-0.25, -0.2) is 0 Å². The van der Waals surface area contributed by atoms with Gasteiger partial charge in [-0.15, -0.1) is 0 Å². The van der Waals surface area contributed by atoms with Crippen LogP contribution in [0.5, 0.6) is 0 Å². The maximum Gasteiger partial charge on any atom is 0.0479 e. The van der Waals surface area contributed by atoms with Crippen molar-refractivity contribution in [1.29, 1.82) is 0 Å². The van der Waals surface area contributed by atoms with Crippen molar-refractivity contribution in [2.24, 2.45) is 0 Å². The van der Waals surface area contributed by atoms with Gasteiger partial charge in [0.15, 0.2) is 0 Å². The zero-order chi connectivity index (χ0) is 7.84. The molecule has 2 aromatic rings. The molecule has 1 N–H and O–H groups in total. The number of aromatic nitrogens is 1. The minimum atomic E-state index is 0.774. The predicted molar refractivity (Wildman–Crippen MR) is 56.0 cm³/mol. The molecule has 0 saturated heterocycles. The second-order valence-electron chi connectivity index (χ2n) is 2.33. The lowest BCUT2D eigenvalue weighted by Crippen LogP contribution is -1.67. The van der Waals surface area contributed by atoms with E-state index in [4.69, 9.17) is 11.6 Å². The Morgan fingerprint density at radius 3 is 3.00 bits per heavy atom. The molecule has 0 saturated carbocycles. The summed E-state index contributed by atoms with van der Waals surface area (Å²) in [6.07, 6.45) is 1.97. The van der Waals surface area contributed by atoms with Crippen molar-refractivity contribution in [2.75, 3.05) is 0 Å². The van der Waals surface area contributed by atoms with E-state index in [9.17, 15) is 0 Å². The van der Waals surface area contributed by atoms with Gasteiger partial charge in [-0.3, -0.25) is 0 Å². The minimum absolute atomic E-state index is 0.774. The molecule has 1 heterocycles. The van der Waals surface area contributed by atoms with Crippen LogP contribution in [0.4, 0.5) is 0 Å². The molecule has 56 valence electrons. The number of aromatic amines is 1. The molecule has 0 atom stereocenters. The Kier molecular flexibility index (Phi) is 1.81. The molecule has 11 heavy (non-hydrogen) atoms. The molecular formula is C8H5ClIN. The zero-order valence-corrected chi connectivity index (χ0v) is 8.48. The number of benzene rings is 1. The Bertz CT molecular complexity index is 394. The van der Waals surface area contributed by atoms with Gasteiger partial charge in [0.05, 0.1) is 0 Å². The summed E-state index contributed by atoms with van der Waals surface area (Å²) in [6, 6.07) is 5.86. The third-order valence-electron chi connectivity index (χ3n) is 1.59. The standard InChI is InChI=1S/C8H5ClIN/c9-5-1-2-6-7(10)4-11-8(6)3-5/h1-4,11H. The lowest BCUT2D eigenvalue weighted by Gasteiger charge is -1.90. The van der Waals surface area contributed by atoms with Crippen molar-refractivity contribution in [3.63, 3.8) is 0 Å². The molecular weight excluding hydrogens is 272 g/mol. The molecule has 0 fully saturated rings. The smallest absolute Gasteiger partial charge is 0.0479 e. The summed E-state index contributed by atoms with van der Waals surface area (Å²) in [7, 11) is 0. The van der Waals surface area contributed by atoms with E-state index in [0.717, 1.165) is 10.5 Å². The molecule has 0 radical (unpaired) electrons. The minimum Gasteiger partial charge on any atom is -0.360 e. The summed E-state index contributed by atoms with van der Waals surface area (Å²) in [6.45, 7) is 0. The van der Waals surface area contributed by atoms with Gasteiger partial charge in [-0.1, -0.05) is 17.7 Å². The maximum atomic E-state index is 5.81. The summed E-state index contributed by atoms with van der Waals surface area (Å²) in [5, 5.41) is 2.01. The van der Waals surface area contributed by atoms with Crippen LogP contribution in [0, 0.1) is 3.57 Å². The number of hydrogen-bond acceptors (Lipinski definition) is 0. The van der Waals surface area contributed by atoms with Crippen LogP contribution < -0.4 is 0 Å². The van der Waals surface area contributed by atoms with Crippen LogP contribution in [0.2, 0.25) is 5.02 Å². The topological polar surface area (TPSA) is 15.8 Å². The highest BCUT2D eigenvalue weighted by Crippen LogP contribution is 2.22. The van der Waals surface area contributed by atoms with Gasteiger partial charge in [0.25, 0.3) is 0 Å². The largest absolute Gasteiger partial charge is 0.360 e. The Morgan fingerprint density at radius 2 is 2.18 bits per heavy atom. The SMILES string of the molecule is Clc1ccc2c(I)c[nH]c2c1. The van der Waals surface area contributed by atoms with Gasteiger partial charge < -0.3 is 4.98 Å². The molecule has 0 unspecified atom stereocenters. The van der Waals surface area contributed by atoms with E-state index >= 15 is 0 Å². The van der Waals surface area contributed by atoms with Crippen LogP contribution in [0.15, 0.2) is 24.4 Å². The zero-order valence-electron chi connectivity index (χ0n) is 5.57. The normalized spacial score (nSPS) is 10.7. The van der Waals surface area contributed by atoms with Gasteiger partial charge in [-0.2, -0.15) is 0 Å². The average Bonchev–Trinajstić information content (AvgIpc) is 2.32. The Balaban J connectivity index is 2.86. The number of nitrogens with one attached hydrogen (secondary N) is 1. The van der Waals surface area contributed by atoms with Crippen molar-refractivity contribution >= 4 is 45.1 Å².